The molecule has 0 unspecified atom stereocenters. The number of hydrogen-bond acceptors (Lipinski definition) is 6. The molecule has 2 heterocycles. The van der Waals surface area contributed by atoms with E-state index in [-0.39, 0.29) is 31.1 Å². The second kappa shape index (κ2) is 10.7. The fourth-order valence-corrected chi connectivity index (χ4v) is 3.90. The number of amides is 1. The van der Waals surface area contributed by atoms with Gasteiger partial charge in [-0.3, -0.25) is 14.2 Å². The predicted molar refractivity (Wildman–Crippen MR) is 132 cm³/mol. The van der Waals surface area contributed by atoms with Crippen LogP contribution in [-0.2, 0) is 30.0 Å². The zero-order valence-corrected chi connectivity index (χ0v) is 20.1. The summed E-state index contributed by atoms with van der Waals surface area (Å²) in [6, 6.07) is 13.4. The van der Waals surface area contributed by atoms with Gasteiger partial charge in [0.25, 0.3) is 11.5 Å². The molecule has 0 fully saturated rings. The minimum Gasteiger partial charge on any atom is -0.481 e. The first kappa shape index (κ1) is 25.1. The van der Waals surface area contributed by atoms with E-state index in [9.17, 15) is 14.0 Å². The Labute approximate surface area is 208 Å². The van der Waals surface area contributed by atoms with Gasteiger partial charge in [-0.25, -0.2) is 9.37 Å². The van der Waals surface area contributed by atoms with Crippen LogP contribution in [0.25, 0.3) is 0 Å². The molecule has 1 aliphatic rings. The first-order chi connectivity index (χ1) is 17.3. The van der Waals surface area contributed by atoms with Crippen molar-refractivity contribution in [3.05, 3.63) is 92.9 Å². The molecule has 9 heteroatoms. The summed E-state index contributed by atoms with van der Waals surface area (Å²) < 4.78 is 26.9. The van der Waals surface area contributed by atoms with Crippen molar-refractivity contribution in [2.75, 3.05) is 13.2 Å². The molecule has 1 amide bonds. The van der Waals surface area contributed by atoms with Gasteiger partial charge >= 0.3 is 0 Å². The Morgan fingerprint density at radius 3 is 2.81 bits per heavy atom. The minimum absolute atomic E-state index is 0.0335. The quantitative estimate of drug-likeness (QED) is 0.514. The number of halogens is 1. The van der Waals surface area contributed by atoms with Gasteiger partial charge in [-0.2, -0.15) is 0 Å². The number of ether oxygens (including phenoxy) is 2. The van der Waals surface area contributed by atoms with Crippen molar-refractivity contribution in [2.24, 2.45) is 5.73 Å². The number of nitrogens with one attached hydrogen (secondary N) is 1. The third-order valence-electron chi connectivity index (χ3n) is 5.72. The molecular formula is C27H27FN4O4. The van der Waals surface area contributed by atoms with E-state index in [1.807, 2.05) is 30.3 Å². The summed E-state index contributed by atoms with van der Waals surface area (Å²) in [6.07, 6.45) is 0. The number of carbonyl (C=O) groups is 1. The molecule has 4 rings (SSSR count). The Morgan fingerprint density at radius 2 is 2.06 bits per heavy atom. The summed E-state index contributed by atoms with van der Waals surface area (Å²) in [4.78, 5) is 31.3. The van der Waals surface area contributed by atoms with E-state index in [0.717, 1.165) is 5.56 Å². The average molecular weight is 491 g/mol. The summed E-state index contributed by atoms with van der Waals surface area (Å²) >= 11 is 0. The van der Waals surface area contributed by atoms with Crippen LogP contribution in [0.5, 0.6) is 5.75 Å². The topological polar surface area (TPSA) is 108 Å². The molecule has 0 atom stereocenters. The molecule has 0 radical (unpaired) electrons. The number of hydrogen-bond donors (Lipinski definition) is 2. The van der Waals surface area contributed by atoms with Gasteiger partial charge in [0.15, 0.2) is 5.69 Å². The minimum atomic E-state index is -0.869. The average Bonchev–Trinajstić information content (AvgIpc) is 2.86. The highest BCUT2D eigenvalue weighted by Crippen LogP contribution is 2.28. The van der Waals surface area contributed by atoms with Gasteiger partial charge in [0.05, 0.1) is 19.7 Å². The molecule has 0 saturated carbocycles. The van der Waals surface area contributed by atoms with Crippen molar-refractivity contribution in [2.45, 2.75) is 39.1 Å². The van der Waals surface area contributed by atoms with Crippen molar-refractivity contribution in [1.82, 2.24) is 14.9 Å². The Bertz CT molecular complexity index is 1390. The van der Waals surface area contributed by atoms with E-state index in [0.29, 0.717) is 30.1 Å². The lowest BCUT2D eigenvalue weighted by atomic mass is 10.1. The number of carbonyl (C=O) groups excluding carboxylic acids is 1. The van der Waals surface area contributed by atoms with Crippen molar-refractivity contribution in [1.29, 1.82) is 0 Å². The molecule has 3 aromatic rings. The fourth-order valence-electron chi connectivity index (χ4n) is 3.90. The van der Waals surface area contributed by atoms with Crippen LogP contribution in [0.2, 0.25) is 0 Å². The van der Waals surface area contributed by atoms with Crippen molar-refractivity contribution in [3.63, 3.8) is 0 Å². The van der Waals surface area contributed by atoms with Crippen LogP contribution in [0.4, 0.5) is 4.39 Å². The van der Waals surface area contributed by atoms with E-state index in [2.05, 4.69) is 22.1 Å². The molecule has 0 bridgehead atoms. The molecule has 1 aliphatic heterocycles. The van der Waals surface area contributed by atoms with E-state index in [1.165, 1.54) is 22.8 Å². The maximum Gasteiger partial charge on any atom is 0.296 e. The second-order valence-corrected chi connectivity index (χ2v) is 8.69. The first-order valence-electron chi connectivity index (χ1n) is 11.5. The number of benzene rings is 2. The monoisotopic (exact) mass is 490 g/mol. The predicted octanol–water partition coefficient (Wildman–Crippen LogP) is 2.47. The highest BCUT2D eigenvalue weighted by Gasteiger charge is 2.35. The van der Waals surface area contributed by atoms with Gasteiger partial charge < -0.3 is 20.5 Å². The van der Waals surface area contributed by atoms with Gasteiger partial charge in [-0.05, 0) is 37.1 Å². The number of fused-ring (bicyclic) bond motifs is 1. The molecule has 1 aromatic heterocycles. The van der Waals surface area contributed by atoms with E-state index in [4.69, 9.17) is 15.2 Å². The van der Waals surface area contributed by atoms with E-state index >= 15 is 0 Å². The Hall–Kier alpha value is -4.00. The molecule has 3 N–H and O–H groups in total. The second-order valence-electron chi connectivity index (χ2n) is 8.69. The highest BCUT2D eigenvalue weighted by atomic mass is 19.1. The van der Waals surface area contributed by atoms with Crippen LogP contribution in [0.15, 0.2) is 53.3 Å². The SMILES string of the molecule is CC1(C)OCCn2c1nc(C(=O)NCc1ccc(F)cc1C#CCN)c(OCc1ccccc1)c2=O. The lowest BCUT2D eigenvalue weighted by Crippen LogP contribution is -2.43. The lowest BCUT2D eigenvalue weighted by Gasteiger charge is -2.32. The molecule has 0 spiro atoms. The van der Waals surface area contributed by atoms with Gasteiger partial charge in [0.1, 0.15) is 23.8 Å². The first-order valence-corrected chi connectivity index (χ1v) is 11.5. The molecular weight excluding hydrogens is 463 g/mol. The largest absolute Gasteiger partial charge is 0.481 e. The van der Waals surface area contributed by atoms with E-state index in [1.54, 1.807) is 13.8 Å². The Balaban J connectivity index is 1.68. The zero-order chi connectivity index (χ0) is 25.7. The normalized spacial score (nSPS) is 13.8. The van der Waals surface area contributed by atoms with Crippen LogP contribution < -0.4 is 21.3 Å². The van der Waals surface area contributed by atoms with E-state index < -0.39 is 22.9 Å². The summed E-state index contributed by atoms with van der Waals surface area (Å²) in [5.41, 5.74) is 5.82. The van der Waals surface area contributed by atoms with Crippen LogP contribution in [0.1, 0.15) is 46.9 Å². The third kappa shape index (κ3) is 5.46. The summed E-state index contributed by atoms with van der Waals surface area (Å²) in [7, 11) is 0. The van der Waals surface area contributed by atoms with Crippen LogP contribution >= 0.6 is 0 Å². The summed E-state index contributed by atoms with van der Waals surface area (Å²) in [5.74, 6) is 4.65. The molecule has 0 saturated heterocycles. The summed E-state index contributed by atoms with van der Waals surface area (Å²) in [6.45, 7) is 4.45. The number of aromatic nitrogens is 2. The molecule has 8 nitrogen and oxygen atoms in total. The van der Waals surface area contributed by atoms with Crippen molar-refractivity contribution < 1.29 is 18.7 Å². The maximum atomic E-state index is 13.7. The van der Waals surface area contributed by atoms with Crippen molar-refractivity contribution >= 4 is 5.91 Å². The van der Waals surface area contributed by atoms with Gasteiger partial charge in [0.2, 0.25) is 5.75 Å². The lowest BCUT2D eigenvalue weighted by molar-refractivity contribution is -0.0567. The Kier molecular flexibility index (Phi) is 7.48. The van der Waals surface area contributed by atoms with Gasteiger partial charge in [0, 0.05) is 12.1 Å². The summed E-state index contributed by atoms with van der Waals surface area (Å²) in [5, 5.41) is 2.76. The fraction of sp³-hybridized carbons (Fsp3) is 0.296. The molecule has 0 aliphatic carbocycles. The van der Waals surface area contributed by atoms with Crippen LogP contribution in [0.3, 0.4) is 0 Å². The molecule has 2 aromatic carbocycles. The highest BCUT2D eigenvalue weighted by molar-refractivity contribution is 5.94. The number of nitrogens with two attached hydrogens (primary N) is 1. The zero-order valence-electron chi connectivity index (χ0n) is 20.1. The molecule has 186 valence electrons. The third-order valence-corrected chi connectivity index (χ3v) is 5.72. The standard InChI is InChI=1S/C27H27FN4O4/c1-27(2)26-31-22(24(33)30-16-20-10-11-21(28)15-19(20)9-6-12-29)23(25(34)32(26)13-14-36-27)35-17-18-7-4-3-5-8-18/h3-5,7-8,10-11,15H,12-14,16-17,29H2,1-2H3,(H,30,33). The molecule has 36 heavy (non-hydrogen) atoms. The maximum absolute atomic E-state index is 13.7. The smallest absolute Gasteiger partial charge is 0.296 e. The van der Waals surface area contributed by atoms with Gasteiger partial charge in [-0.15, -0.1) is 0 Å². The van der Waals surface area contributed by atoms with Crippen LogP contribution in [0, 0.1) is 17.7 Å². The van der Waals surface area contributed by atoms with Gasteiger partial charge in [-0.1, -0.05) is 48.2 Å². The Morgan fingerprint density at radius 1 is 1.28 bits per heavy atom. The van der Waals surface area contributed by atoms with Crippen molar-refractivity contribution in [3.8, 4) is 17.6 Å². The number of nitrogens with zero attached hydrogens (tertiary/aromatic N) is 2. The number of rotatable bonds is 6. The van der Waals surface area contributed by atoms with Crippen LogP contribution in [-0.4, -0.2) is 28.6 Å².